The molecule has 23 heavy (non-hydrogen) atoms. The highest BCUT2D eigenvalue weighted by Gasteiger charge is 2.28. The van der Waals surface area contributed by atoms with Crippen LogP contribution in [0.4, 0.5) is 10.5 Å². The third-order valence-corrected chi connectivity index (χ3v) is 3.87. The maximum atomic E-state index is 12.5. The fourth-order valence-corrected chi connectivity index (χ4v) is 2.69. The number of para-hydroxylation sites is 1. The molecule has 0 saturated heterocycles. The van der Waals surface area contributed by atoms with Crippen molar-refractivity contribution in [3.8, 4) is 0 Å². The number of nitrogens with zero attached hydrogens (tertiary/aromatic N) is 1. The van der Waals surface area contributed by atoms with E-state index in [-0.39, 0.29) is 12.5 Å². The lowest BCUT2D eigenvalue weighted by Gasteiger charge is -2.22. The molecule has 1 atom stereocenters. The van der Waals surface area contributed by atoms with Gasteiger partial charge >= 0.3 is 6.03 Å². The van der Waals surface area contributed by atoms with Gasteiger partial charge in [0, 0.05) is 12.2 Å². The summed E-state index contributed by atoms with van der Waals surface area (Å²) in [6.45, 7) is 2.63. The van der Waals surface area contributed by atoms with Crippen LogP contribution in [-0.2, 0) is 17.8 Å². The minimum absolute atomic E-state index is 0.108. The second-order valence-corrected chi connectivity index (χ2v) is 5.50. The molecule has 2 heterocycles. The molecule has 1 aliphatic heterocycles. The summed E-state index contributed by atoms with van der Waals surface area (Å²) in [4.78, 5) is 26.1. The smallest absolute Gasteiger partial charge is 0.315 e. The van der Waals surface area contributed by atoms with Crippen LogP contribution < -0.4 is 15.5 Å². The van der Waals surface area contributed by atoms with Crippen LogP contribution in [0.5, 0.6) is 0 Å². The molecule has 1 aromatic carbocycles. The highest BCUT2D eigenvalue weighted by atomic mass is 16.3. The quantitative estimate of drug-likeness (QED) is 0.907. The summed E-state index contributed by atoms with van der Waals surface area (Å²) >= 11 is 0. The molecule has 2 aromatic rings. The second kappa shape index (κ2) is 6.56. The number of fused-ring (bicyclic) bond motifs is 1. The standard InChI is InChI=1S/C17H19N3O3/c1-12(19-17(22)18-11-14-6-4-10-23-14)16(21)20-9-8-13-5-2-3-7-15(13)20/h2-7,10,12H,8-9,11H2,1H3,(H2,18,19,22)/t12-/m1/s1. The van der Waals surface area contributed by atoms with Crippen molar-refractivity contribution >= 4 is 17.6 Å². The SMILES string of the molecule is C[C@@H](NC(=O)NCc1ccco1)C(=O)N1CCc2ccccc21. The topological polar surface area (TPSA) is 74.6 Å². The maximum absolute atomic E-state index is 12.5. The van der Waals surface area contributed by atoms with Gasteiger partial charge in [0.25, 0.3) is 0 Å². The maximum Gasteiger partial charge on any atom is 0.315 e. The molecular formula is C17H19N3O3. The fourth-order valence-electron chi connectivity index (χ4n) is 2.69. The van der Waals surface area contributed by atoms with Gasteiger partial charge in [-0.25, -0.2) is 4.79 Å². The van der Waals surface area contributed by atoms with Crippen LogP contribution >= 0.6 is 0 Å². The molecule has 120 valence electrons. The average molecular weight is 313 g/mol. The molecular weight excluding hydrogens is 294 g/mol. The number of furan rings is 1. The van der Waals surface area contributed by atoms with Crippen molar-refractivity contribution < 1.29 is 14.0 Å². The lowest BCUT2D eigenvalue weighted by atomic mass is 10.2. The van der Waals surface area contributed by atoms with Crippen LogP contribution in [0.2, 0.25) is 0 Å². The zero-order valence-corrected chi connectivity index (χ0v) is 12.9. The van der Waals surface area contributed by atoms with E-state index in [0.29, 0.717) is 12.3 Å². The van der Waals surface area contributed by atoms with Gasteiger partial charge in [0.15, 0.2) is 0 Å². The molecule has 0 spiro atoms. The number of amides is 3. The number of anilines is 1. The summed E-state index contributed by atoms with van der Waals surface area (Å²) in [5.41, 5.74) is 2.09. The predicted molar refractivity (Wildman–Crippen MR) is 86.0 cm³/mol. The van der Waals surface area contributed by atoms with Crippen molar-refractivity contribution in [1.82, 2.24) is 10.6 Å². The van der Waals surface area contributed by atoms with Gasteiger partial charge in [-0.15, -0.1) is 0 Å². The predicted octanol–water partition coefficient (Wildman–Crippen LogP) is 2.06. The Morgan fingerprint density at radius 2 is 2.09 bits per heavy atom. The largest absolute Gasteiger partial charge is 0.467 e. The van der Waals surface area contributed by atoms with E-state index >= 15 is 0 Å². The van der Waals surface area contributed by atoms with Crippen LogP contribution in [0.15, 0.2) is 47.1 Å². The van der Waals surface area contributed by atoms with Gasteiger partial charge in [-0.2, -0.15) is 0 Å². The van der Waals surface area contributed by atoms with Crippen molar-refractivity contribution in [2.24, 2.45) is 0 Å². The summed E-state index contributed by atoms with van der Waals surface area (Å²) in [6.07, 6.45) is 2.39. The van der Waals surface area contributed by atoms with Gasteiger partial charge in [-0.1, -0.05) is 18.2 Å². The van der Waals surface area contributed by atoms with Crippen molar-refractivity contribution in [3.05, 3.63) is 54.0 Å². The molecule has 3 rings (SSSR count). The van der Waals surface area contributed by atoms with E-state index in [9.17, 15) is 9.59 Å². The van der Waals surface area contributed by atoms with Crippen molar-refractivity contribution in [2.45, 2.75) is 25.9 Å². The molecule has 6 heteroatoms. The Morgan fingerprint density at radius 1 is 1.26 bits per heavy atom. The Morgan fingerprint density at radius 3 is 2.87 bits per heavy atom. The lowest BCUT2D eigenvalue weighted by Crippen LogP contribution is -2.49. The molecule has 0 radical (unpaired) electrons. The van der Waals surface area contributed by atoms with Gasteiger partial charge in [-0.3, -0.25) is 4.79 Å². The minimum atomic E-state index is -0.599. The van der Waals surface area contributed by atoms with Gasteiger partial charge in [0.2, 0.25) is 5.91 Å². The monoisotopic (exact) mass is 313 g/mol. The molecule has 0 unspecified atom stereocenters. The van der Waals surface area contributed by atoms with E-state index in [1.165, 1.54) is 0 Å². The molecule has 0 aliphatic carbocycles. The third-order valence-electron chi connectivity index (χ3n) is 3.87. The molecule has 0 bridgehead atoms. The van der Waals surface area contributed by atoms with Crippen molar-refractivity contribution in [3.63, 3.8) is 0 Å². The van der Waals surface area contributed by atoms with E-state index < -0.39 is 12.1 Å². The van der Waals surface area contributed by atoms with Gasteiger partial charge in [0.05, 0.1) is 12.8 Å². The van der Waals surface area contributed by atoms with Crippen molar-refractivity contribution in [2.75, 3.05) is 11.4 Å². The first-order valence-corrected chi connectivity index (χ1v) is 7.61. The fraction of sp³-hybridized carbons (Fsp3) is 0.294. The molecule has 0 saturated carbocycles. The number of urea groups is 1. The molecule has 3 amide bonds. The normalized spacial score (nSPS) is 14.2. The Hall–Kier alpha value is -2.76. The van der Waals surface area contributed by atoms with E-state index in [1.807, 2.05) is 24.3 Å². The van der Waals surface area contributed by atoms with Gasteiger partial charge < -0.3 is 20.0 Å². The van der Waals surface area contributed by atoms with E-state index in [4.69, 9.17) is 4.42 Å². The first-order chi connectivity index (χ1) is 11.1. The number of carbonyl (C=O) groups excluding carboxylic acids is 2. The first kappa shape index (κ1) is 15.1. The van der Waals surface area contributed by atoms with Gasteiger partial charge in [-0.05, 0) is 37.1 Å². The van der Waals surface area contributed by atoms with E-state index in [0.717, 1.165) is 17.7 Å². The highest BCUT2D eigenvalue weighted by molar-refractivity contribution is 6.00. The Balaban J connectivity index is 1.55. The zero-order chi connectivity index (χ0) is 16.2. The van der Waals surface area contributed by atoms with E-state index in [2.05, 4.69) is 10.6 Å². The number of nitrogens with one attached hydrogen (secondary N) is 2. The van der Waals surface area contributed by atoms with E-state index in [1.54, 1.807) is 30.2 Å². The summed E-state index contributed by atoms with van der Waals surface area (Å²) in [7, 11) is 0. The van der Waals surface area contributed by atoms with Crippen LogP contribution in [-0.4, -0.2) is 24.5 Å². The Labute approximate surface area is 134 Å². The summed E-state index contributed by atoms with van der Waals surface area (Å²) in [5.74, 6) is 0.552. The number of rotatable bonds is 4. The number of benzene rings is 1. The second-order valence-electron chi connectivity index (χ2n) is 5.50. The van der Waals surface area contributed by atoms with Gasteiger partial charge in [0.1, 0.15) is 11.8 Å². The molecule has 6 nitrogen and oxygen atoms in total. The average Bonchev–Trinajstić information content (AvgIpc) is 3.21. The summed E-state index contributed by atoms with van der Waals surface area (Å²) in [5, 5.41) is 5.33. The van der Waals surface area contributed by atoms with Crippen LogP contribution in [0.3, 0.4) is 0 Å². The summed E-state index contributed by atoms with van der Waals surface area (Å²) < 4.78 is 5.14. The highest BCUT2D eigenvalue weighted by Crippen LogP contribution is 2.27. The first-order valence-electron chi connectivity index (χ1n) is 7.61. The molecule has 1 aliphatic rings. The minimum Gasteiger partial charge on any atom is -0.467 e. The van der Waals surface area contributed by atoms with Crippen molar-refractivity contribution in [1.29, 1.82) is 0 Å². The zero-order valence-electron chi connectivity index (χ0n) is 12.9. The third kappa shape index (κ3) is 3.36. The van der Waals surface area contributed by atoms with Crippen LogP contribution in [0.1, 0.15) is 18.2 Å². The summed E-state index contributed by atoms with van der Waals surface area (Å²) in [6, 6.07) is 10.4. The Kier molecular flexibility index (Phi) is 4.32. The van der Waals surface area contributed by atoms with Crippen LogP contribution in [0.25, 0.3) is 0 Å². The molecule has 1 aromatic heterocycles. The lowest BCUT2D eigenvalue weighted by molar-refractivity contribution is -0.119. The number of carbonyl (C=O) groups is 2. The molecule has 0 fully saturated rings. The number of hydrogen-bond donors (Lipinski definition) is 2. The number of hydrogen-bond acceptors (Lipinski definition) is 3. The van der Waals surface area contributed by atoms with Crippen LogP contribution in [0, 0.1) is 0 Å². The molecule has 2 N–H and O–H groups in total. The Bertz CT molecular complexity index is 697.